The van der Waals surface area contributed by atoms with Gasteiger partial charge in [-0.05, 0) is 53.4 Å². The van der Waals surface area contributed by atoms with E-state index in [9.17, 15) is 0 Å². The van der Waals surface area contributed by atoms with Crippen LogP contribution in [0.4, 0.5) is 0 Å². The maximum atomic E-state index is 3.35. The minimum absolute atomic E-state index is 0.328. The molecule has 1 radical (unpaired) electrons. The van der Waals surface area contributed by atoms with E-state index in [1.807, 2.05) is 0 Å². The maximum absolute atomic E-state index is 3.35. The molecule has 1 aliphatic rings. The SMILES string of the molecule is Cc1[c]cc2c(c1)C(C)(C)CCC2(C)C. The summed E-state index contributed by atoms with van der Waals surface area (Å²) in [5, 5.41) is 0. The van der Waals surface area contributed by atoms with Crippen LogP contribution in [0.1, 0.15) is 57.2 Å². The van der Waals surface area contributed by atoms with E-state index in [-0.39, 0.29) is 0 Å². The average Bonchev–Trinajstić information content (AvgIpc) is 2.13. The number of hydrogen-bond donors (Lipinski definition) is 0. The number of hydrogen-bond acceptors (Lipinski definition) is 0. The fraction of sp³-hybridized carbons (Fsp3) is 0.600. The molecule has 0 aromatic heterocycles. The molecule has 0 heteroatoms. The van der Waals surface area contributed by atoms with Gasteiger partial charge in [0.25, 0.3) is 0 Å². The molecule has 81 valence electrons. The number of fused-ring (bicyclic) bond motifs is 1. The Balaban J connectivity index is 2.64. The van der Waals surface area contributed by atoms with Gasteiger partial charge < -0.3 is 0 Å². The zero-order chi connectivity index (χ0) is 11.3. The van der Waals surface area contributed by atoms with Crippen molar-refractivity contribution < 1.29 is 0 Å². The van der Waals surface area contributed by atoms with E-state index in [0.717, 1.165) is 0 Å². The van der Waals surface area contributed by atoms with Gasteiger partial charge in [0.1, 0.15) is 0 Å². The molecule has 0 heterocycles. The number of aryl methyl sites for hydroxylation is 1. The molecular weight excluding hydrogens is 180 g/mol. The maximum Gasteiger partial charge on any atom is -0.0100 e. The summed E-state index contributed by atoms with van der Waals surface area (Å²) in [6.45, 7) is 11.6. The average molecular weight is 201 g/mol. The molecule has 0 bridgehead atoms. The van der Waals surface area contributed by atoms with Crippen LogP contribution in [0, 0.1) is 13.0 Å². The second kappa shape index (κ2) is 3.10. The summed E-state index contributed by atoms with van der Waals surface area (Å²) in [7, 11) is 0. The van der Waals surface area contributed by atoms with Crippen LogP contribution in [0.5, 0.6) is 0 Å². The standard InChI is InChI=1S/C15H21/c1-11-6-7-12-13(10-11)15(4,5)9-8-14(12,2)3/h7,10H,8-9H2,1-5H3. The summed E-state index contributed by atoms with van der Waals surface area (Å²) < 4.78 is 0. The van der Waals surface area contributed by atoms with Crippen molar-refractivity contribution in [1.82, 2.24) is 0 Å². The Kier molecular flexibility index (Phi) is 2.22. The Morgan fingerprint density at radius 3 is 2.13 bits per heavy atom. The normalized spacial score (nSPS) is 22.2. The van der Waals surface area contributed by atoms with Crippen LogP contribution in [0.2, 0.25) is 0 Å². The Bertz CT molecular complexity index is 383. The zero-order valence-corrected chi connectivity index (χ0v) is 10.6. The fourth-order valence-electron chi connectivity index (χ4n) is 2.61. The zero-order valence-electron chi connectivity index (χ0n) is 10.6. The van der Waals surface area contributed by atoms with E-state index >= 15 is 0 Å². The summed E-state index contributed by atoms with van der Waals surface area (Å²) in [5.74, 6) is 0. The van der Waals surface area contributed by atoms with Gasteiger partial charge in [0.2, 0.25) is 0 Å². The van der Waals surface area contributed by atoms with Crippen LogP contribution in [-0.4, -0.2) is 0 Å². The molecular formula is C15H21. The van der Waals surface area contributed by atoms with Gasteiger partial charge in [-0.25, -0.2) is 0 Å². The molecule has 0 spiro atoms. The highest BCUT2D eigenvalue weighted by Gasteiger charge is 2.36. The van der Waals surface area contributed by atoms with E-state index in [0.29, 0.717) is 10.8 Å². The Labute approximate surface area is 93.7 Å². The molecule has 15 heavy (non-hydrogen) atoms. The van der Waals surface area contributed by atoms with Crippen molar-refractivity contribution in [2.45, 2.75) is 58.3 Å². The third-order valence-electron chi connectivity index (χ3n) is 3.93. The summed E-state index contributed by atoms with van der Waals surface area (Å²) in [6.07, 6.45) is 2.57. The summed E-state index contributed by atoms with van der Waals surface area (Å²) in [5.41, 5.74) is 4.97. The highest BCUT2D eigenvalue weighted by molar-refractivity contribution is 5.42. The van der Waals surface area contributed by atoms with Crippen molar-refractivity contribution in [1.29, 1.82) is 0 Å². The first kappa shape index (κ1) is 10.7. The molecule has 0 saturated heterocycles. The van der Waals surface area contributed by atoms with Gasteiger partial charge in [-0.1, -0.05) is 39.8 Å². The largest absolute Gasteiger partial charge is 0.0558 e. The summed E-state index contributed by atoms with van der Waals surface area (Å²) in [4.78, 5) is 0. The van der Waals surface area contributed by atoms with Gasteiger partial charge in [0.05, 0.1) is 0 Å². The van der Waals surface area contributed by atoms with Crippen molar-refractivity contribution in [3.05, 3.63) is 34.9 Å². The van der Waals surface area contributed by atoms with E-state index in [1.54, 1.807) is 0 Å². The topological polar surface area (TPSA) is 0 Å². The highest BCUT2D eigenvalue weighted by atomic mass is 14.4. The Hall–Kier alpha value is -0.780. The van der Waals surface area contributed by atoms with Gasteiger partial charge in [-0.15, -0.1) is 0 Å². The van der Waals surface area contributed by atoms with Gasteiger partial charge in [-0.3, -0.25) is 0 Å². The Morgan fingerprint density at radius 1 is 1.00 bits per heavy atom. The predicted octanol–water partition coefficient (Wildman–Crippen LogP) is 4.14. The summed E-state index contributed by atoms with van der Waals surface area (Å²) in [6, 6.07) is 7.90. The molecule has 1 aromatic rings. The second-order valence-corrected chi connectivity index (χ2v) is 6.21. The fourth-order valence-corrected chi connectivity index (χ4v) is 2.61. The monoisotopic (exact) mass is 201 g/mol. The van der Waals surface area contributed by atoms with Crippen LogP contribution in [0.15, 0.2) is 12.1 Å². The summed E-state index contributed by atoms with van der Waals surface area (Å²) >= 11 is 0. The van der Waals surface area contributed by atoms with Gasteiger partial charge in [0.15, 0.2) is 0 Å². The lowest BCUT2D eigenvalue weighted by atomic mass is 9.63. The van der Waals surface area contributed by atoms with Gasteiger partial charge >= 0.3 is 0 Å². The quantitative estimate of drug-likeness (QED) is 0.591. The van der Waals surface area contributed by atoms with Crippen molar-refractivity contribution in [3.63, 3.8) is 0 Å². The van der Waals surface area contributed by atoms with Gasteiger partial charge in [-0.2, -0.15) is 0 Å². The molecule has 0 fully saturated rings. The highest BCUT2D eigenvalue weighted by Crippen LogP contribution is 2.45. The van der Waals surface area contributed by atoms with Gasteiger partial charge in [0, 0.05) is 0 Å². The molecule has 0 saturated carbocycles. The van der Waals surface area contributed by atoms with E-state index in [2.05, 4.69) is 52.8 Å². The molecule has 0 amide bonds. The minimum atomic E-state index is 0.328. The lowest BCUT2D eigenvalue weighted by Gasteiger charge is -2.41. The molecule has 0 atom stereocenters. The van der Waals surface area contributed by atoms with Crippen molar-refractivity contribution in [3.8, 4) is 0 Å². The smallest absolute Gasteiger partial charge is 0.0100 e. The second-order valence-electron chi connectivity index (χ2n) is 6.21. The van der Waals surface area contributed by atoms with E-state index in [4.69, 9.17) is 0 Å². The number of benzene rings is 1. The first-order valence-electron chi connectivity index (χ1n) is 5.86. The van der Waals surface area contributed by atoms with Crippen molar-refractivity contribution >= 4 is 0 Å². The van der Waals surface area contributed by atoms with E-state index < -0.39 is 0 Å². The van der Waals surface area contributed by atoms with E-state index in [1.165, 1.54) is 29.5 Å². The molecule has 0 aliphatic heterocycles. The molecule has 0 nitrogen and oxygen atoms in total. The Morgan fingerprint density at radius 2 is 1.53 bits per heavy atom. The van der Waals surface area contributed by atoms with Crippen LogP contribution >= 0.6 is 0 Å². The molecule has 1 aliphatic carbocycles. The third kappa shape index (κ3) is 1.71. The van der Waals surface area contributed by atoms with Crippen molar-refractivity contribution in [2.75, 3.05) is 0 Å². The first-order chi connectivity index (χ1) is 6.83. The molecule has 0 unspecified atom stereocenters. The first-order valence-corrected chi connectivity index (χ1v) is 5.86. The predicted molar refractivity (Wildman–Crippen MR) is 65.3 cm³/mol. The van der Waals surface area contributed by atoms with Crippen LogP contribution in [0.25, 0.3) is 0 Å². The van der Waals surface area contributed by atoms with Crippen LogP contribution in [0.3, 0.4) is 0 Å². The lowest BCUT2D eigenvalue weighted by molar-refractivity contribution is 0.331. The molecule has 1 aromatic carbocycles. The molecule has 2 rings (SSSR count). The third-order valence-corrected chi connectivity index (χ3v) is 3.93. The van der Waals surface area contributed by atoms with Crippen LogP contribution < -0.4 is 0 Å². The molecule has 0 N–H and O–H groups in total. The number of rotatable bonds is 0. The lowest BCUT2D eigenvalue weighted by Crippen LogP contribution is -2.33. The van der Waals surface area contributed by atoms with Crippen LogP contribution in [-0.2, 0) is 10.8 Å². The van der Waals surface area contributed by atoms with Crippen molar-refractivity contribution in [2.24, 2.45) is 0 Å². The minimum Gasteiger partial charge on any atom is -0.0558 e.